The molecule has 6 heteroatoms. The van der Waals surface area contributed by atoms with E-state index in [-0.39, 0.29) is 0 Å². The highest BCUT2D eigenvalue weighted by atomic mass is 32.1. The quantitative estimate of drug-likeness (QED) is 0.664. The van der Waals surface area contributed by atoms with Crippen LogP contribution in [0.25, 0.3) is 10.2 Å². The zero-order valence-electron chi connectivity index (χ0n) is 14.3. The van der Waals surface area contributed by atoms with E-state index in [0.717, 1.165) is 39.9 Å². The van der Waals surface area contributed by atoms with Crippen LogP contribution >= 0.6 is 11.3 Å². The largest absolute Gasteiger partial charge is 0.316 e. The number of fused-ring (bicyclic) bond motifs is 1. The number of halogens is 2. The van der Waals surface area contributed by atoms with Gasteiger partial charge in [0.15, 0.2) is 4.80 Å². The third-order valence-electron chi connectivity index (χ3n) is 3.94. The van der Waals surface area contributed by atoms with E-state index in [4.69, 9.17) is 0 Å². The van der Waals surface area contributed by atoms with Crippen molar-refractivity contribution in [2.75, 3.05) is 0 Å². The van der Waals surface area contributed by atoms with Crippen LogP contribution in [0.1, 0.15) is 34.8 Å². The van der Waals surface area contributed by atoms with Crippen molar-refractivity contribution < 1.29 is 13.6 Å². The average molecular weight is 360 g/mol. The summed E-state index contributed by atoms with van der Waals surface area (Å²) in [6, 6.07) is 7.46. The van der Waals surface area contributed by atoms with E-state index >= 15 is 0 Å². The van der Waals surface area contributed by atoms with Crippen LogP contribution in [0.4, 0.5) is 8.78 Å². The summed E-state index contributed by atoms with van der Waals surface area (Å²) in [5.74, 6) is -2.70. The fourth-order valence-electron chi connectivity index (χ4n) is 2.88. The van der Waals surface area contributed by atoms with Crippen LogP contribution in [0.3, 0.4) is 0 Å². The SMILES string of the molecule is CCCn1c(=NC(=O)c2c(F)cccc2F)sc2c(C)cc(C)cc21. The zero-order valence-corrected chi connectivity index (χ0v) is 15.1. The van der Waals surface area contributed by atoms with Crippen molar-refractivity contribution in [3.8, 4) is 0 Å². The maximum absolute atomic E-state index is 13.8. The average Bonchev–Trinajstić information content (AvgIpc) is 2.86. The molecule has 3 rings (SSSR count). The molecule has 0 aliphatic carbocycles. The summed E-state index contributed by atoms with van der Waals surface area (Å²) in [5.41, 5.74) is 2.59. The molecule has 1 heterocycles. The Morgan fingerprint density at radius 2 is 1.88 bits per heavy atom. The second kappa shape index (κ2) is 6.88. The van der Waals surface area contributed by atoms with E-state index in [1.54, 1.807) is 0 Å². The summed E-state index contributed by atoms with van der Waals surface area (Å²) < 4.78 is 30.7. The van der Waals surface area contributed by atoms with E-state index in [1.807, 2.05) is 31.4 Å². The lowest BCUT2D eigenvalue weighted by Crippen LogP contribution is -2.17. The summed E-state index contributed by atoms with van der Waals surface area (Å²) in [5, 5.41) is 0. The van der Waals surface area contributed by atoms with Crippen molar-refractivity contribution in [1.29, 1.82) is 0 Å². The number of carbonyl (C=O) groups excluding carboxylic acids is 1. The maximum Gasteiger partial charge on any atom is 0.285 e. The predicted octanol–water partition coefficient (Wildman–Crippen LogP) is 4.75. The molecule has 3 aromatic rings. The Kier molecular flexibility index (Phi) is 4.81. The molecule has 0 radical (unpaired) electrons. The highest BCUT2D eigenvalue weighted by Crippen LogP contribution is 2.24. The molecule has 3 nitrogen and oxygen atoms in total. The minimum Gasteiger partial charge on any atom is -0.316 e. The number of aromatic nitrogens is 1. The van der Waals surface area contributed by atoms with Gasteiger partial charge in [-0.3, -0.25) is 4.79 Å². The van der Waals surface area contributed by atoms with E-state index in [0.29, 0.717) is 11.3 Å². The van der Waals surface area contributed by atoms with E-state index in [9.17, 15) is 13.6 Å². The second-order valence-corrected chi connectivity index (χ2v) is 6.96. The van der Waals surface area contributed by atoms with E-state index < -0.39 is 23.1 Å². The number of carbonyl (C=O) groups is 1. The van der Waals surface area contributed by atoms with Crippen LogP contribution in [0.2, 0.25) is 0 Å². The van der Waals surface area contributed by atoms with Crippen LogP contribution in [0.15, 0.2) is 35.3 Å². The normalized spacial score (nSPS) is 12.1. The van der Waals surface area contributed by atoms with Crippen molar-refractivity contribution in [3.05, 3.63) is 63.5 Å². The summed E-state index contributed by atoms with van der Waals surface area (Å²) in [4.78, 5) is 16.9. The van der Waals surface area contributed by atoms with Crippen molar-refractivity contribution in [2.45, 2.75) is 33.7 Å². The minimum absolute atomic E-state index is 0.457. The van der Waals surface area contributed by atoms with Crippen LogP contribution < -0.4 is 4.80 Å². The highest BCUT2D eigenvalue weighted by Gasteiger charge is 2.17. The lowest BCUT2D eigenvalue weighted by molar-refractivity contribution is 0.0990. The fourth-order valence-corrected chi connectivity index (χ4v) is 3.99. The van der Waals surface area contributed by atoms with Gasteiger partial charge >= 0.3 is 0 Å². The van der Waals surface area contributed by atoms with Gasteiger partial charge in [0.05, 0.1) is 10.2 Å². The van der Waals surface area contributed by atoms with Crippen molar-refractivity contribution >= 4 is 27.5 Å². The Balaban J connectivity index is 2.24. The Bertz CT molecular complexity index is 1010. The first kappa shape index (κ1) is 17.5. The second-order valence-electron chi connectivity index (χ2n) is 5.98. The zero-order chi connectivity index (χ0) is 18.1. The van der Waals surface area contributed by atoms with Gasteiger partial charge < -0.3 is 4.57 Å². The number of benzene rings is 2. The number of aryl methyl sites for hydroxylation is 3. The number of nitrogens with zero attached hydrogens (tertiary/aromatic N) is 2. The Labute approximate surface area is 148 Å². The van der Waals surface area contributed by atoms with Gasteiger partial charge in [0.25, 0.3) is 5.91 Å². The topological polar surface area (TPSA) is 34.4 Å². The number of hydrogen-bond donors (Lipinski definition) is 0. The smallest absolute Gasteiger partial charge is 0.285 e. The number of amides is 1. The van der Waals surface area contributed by atoms with Gasteiger partial charge in [0, 0.05) is 6.54 Å². The van der Waals surface area contributed by atoms with Crippen LogP contribution in [-0.2, 0) is 6.54 Å². The van der Waals surface area contributed by atoms with Crippen molar-refractivity contribution in [2.24, 2.45) is 4.99 Å². The Morgan fingerprint density at radius 3 is 2.52 bits per heavy atom. The van der Waals surface area contributed by atoms with E-state index in [2.05, 4.69) is 11.1 Å². The van der Waals surface area contributed by atoms with Gasteiger partial charge in [0.1, 0.15) is 17.2 Å². The molecule has 0 saturated heterocycles. The minimum atomic E-state index is -0.901. The molecule has 0 aliphatic heterocycles. The molecule has 1 amide bonds. The highest BCUT2D eigenvalue weighted by molar-refractivity contribution is 7.16. The predicted molar refractivity (Wildman–Crippen MR) is 95.8 cm³/mol. The first-order chi connectivity index (χ1) is 11.9. The monoisotopic (exact) mass is 360 g/mol. The molecule has 0 unspecified atom stereocenters. The Hall–Kier alpha value is -2.34. The summed E-state index contributed by atoms with van der Waals surface area (Å²) in [6.07, 6.45) is 0.855. The molecule has 0 N–H and O–H groups in total. The fraction of sp³-hybridized carbons (Fsp3) is 0.263. The summed E-state index contributed by atoms with van der Waals surface area (Å²) in [7, 11) is 0. The van der Waals surface area contributed by atoms with Gasteiger partial charge in [-0.25, -0.2) is 8.78 Å². The van der Waals surface area contributed by atoms with Gasteiger partial charge in [-0.2, -0.15) is 4.99 Å². The van der Waals surface area contributed by atoms with Crippen LogP contribution in [0, 0.1) is 25.5 Å². The third-order valence-corrected chi connectivity index (χ3v) is 5.16. The molecule has 1 aromatic heterocycles. The molecule has 0 atom stereocenters. The standard InChI is InChI=1S/C19H18F2N2OS/c1-4-8-23-15-10-11(2)9-12(3)17(15)25-19(23)22-18(24)16-13(20)6-5-7-14(16)21/h5-7,9-10H,4,8H2,1-3H3. The van der Waals surface area contributed by atoms with Gasteiger partial charge in [-0.1, -0.05) is 30.4 Å². The molecule has 0 bridgehead atoms. The number of rotatable bonds is 3. The lowest BCUT2D eigenvalue weighted by Gasteiger charge is -2.05. The van der Waals surface area contributed by atoms with Crippen LogP contribution in [-0.4, -0.2) is 10.5 Å². The molecule has 0 saturated carbocycles. The molecule has 0 aliphatic rings. The molecular weight excluding hydrogens is 342 g/mol. The van der Waals surface area contributed by atoms with Crippen molar-refractivity contribution in [1.82, 2.24) is 4.57 Å². The summed E-state index contributed by atoms with van der Waals surface area (Å²) in [6.45, 7) is 6.72. The molecular formula is C19H18F2N2OS. The van der Waals surface area contributed by atoms with Crippen LogP contribution in [0.5, 0.6) is 0 Å². The van der Waals surface area contributed by atoms with Gasteiger partial charge in [-0.15, -0.1) is 0 Å². The third kappa shape index (κ3) is 3.26. The molecule has 0 fully saturated rings. The lowest BCUT2D eigenvalue weighted by atomic mass is 10.1. The molecule has 2 aromatic carbocycles. The molecule has 0 spiro atoms. The van der Waals surface area contributed by atoms with E-state index in [1.165, 1.54) is 17.4 Å². The maximum atomic E-state index is 13.8. The van der Waals surface area contributed by atoms with Gasteiger partial charge in [-0.05, 0) is 49.6 Å². The number of hydrogen-bond acceptors (Lipinski definition) is 2. The molecule has 25 heavy (non-hydrogen) atoms. The Morgan fingerprint density at radius 1 is 1.20 bits per heavy atom. The number of thiazole rings is 1. The molecule has 130 valence electrons. The van der Waals surface area contributed by atoms with Crippen molar-refractivity contribution in [3.63, 3.8) is 0 Å². The summed E-state index contributed by atoms with van der Waals surface area (Å²) >= 11 is 1.36. The van der Waals surface area contributed by atoms with Gasteiger partial charge in [0.2, 0.25) is 0 Å². The first-order valence-corrected chi connectivity index (χ1v) is 8.87. The first-order valence-electron chi connectivity index (χ1n) is 8.06.